The quantitative estimate of drug-likeness (QED) is 0.544. The summed E-state index contributed by atoms with van der Waals surface area (Å²) in [5, 5.41) is 2.63. The topological polar surface area (TPSA) is 66.5 Å². The number of sulfonamides is 1. The van der Waals surface area contributed by atoms with Crippen molar-refractivity contribution in [2.45, 2.75) is 17.5 Å². The van der Waals surface area contributed by atoms with Crippen LogP contribution in [0.4, 0.5) is 18.9 Å². The van der Waals surface area contributed by atoms with E-state index in [4.69, 9.17) is 0 Å². The van der Waals surface area contributed by atoms with Crippen LogP contribution in [0, 0.1) is 0 Å². The first kappa shape index (κ1) is 23.3. The van der Waals surface area contributed by atoms with E-state index in [0.717, 1.165) is 23.8 Å². The second kappa shape index (κ2) is 9.86. The van der Waals surface area contributed by atoms with Crippen LogP contribution in [0.15, 0.2) is 89.8 Å². The predicted octanol–water partition coefficient (Wildman–Crippen LogP) is 4.26. The number of anilines is 1. The van der Waals surface area contributed by atoms with Crippen LogP contribution in [0.3, 0.4) is 0 Å². The number of carbonyl (C=O) groups excluding carboxylic acids is 1. The van der Waals surface area contributed by atoms with Crippen LogP contribution in [-0.4, -0.2) is 27.4 Å². The van der Waals surface area contributed by atoms with Crippen LogP contribution >= 0.6 is 0 Å². The fourth-order valence-electron chi connectivity index (χ4n) is 3.05. The minimum Gasteiger partial charge on any atom is -0.354 e. The molecule has 0 aliphatic rings. The zero-order valence-electron chi connectivity index (χ0n) is 16.9. The highest BCUT2D eigenvalue weighted by Crippen LogP contribution is 2.33. The summed E-state index contributed by atoms with van der Waals surface area (Å²) in [6, 6.07) is 20.5. The molecule has 0 fully saturated rings. The molecule has 0 saturated heterocycles. The molecule has 1 N–H and O–H groups in total. The van der Waals surface area contributed by atoms with Crippen LogP contribution in [0.25, 0.3) is 0 Å². The Balaban J connectivity index is 1.85. The van der Waals surface area contributed by atoms with Crippen molar-refractivity contribution in [3.63, 3.8) is 0 Å². The molecule has 32 heavy (non-hydrogen) atoms. The minimum absolute atomic E-state index is 0.130. The number of alkyl halides is 3. The number of nitrogens with zero attached hydrogens (tertiary/aromatic N) is 1. The second-order valence-electron chi connectivity index (χ2n) is 6.96. The zero-order valence-corrected chi connectivity index (χ0v) is 17.7. The Labute approximate surface area is 184 Å². The Bertz CT molecular complexity index is 1150. The Kier molecular flexibility index (Phi) is 7.19. The molecule has 3 aromatic rings. The van der Waals surface area contributed by atoms with E-state index < -0.39 is 34.2 Å². The van der Waals surface area contributed by atoms with E-state index in [1.807, 2.05) is 30.3 Å². The number of hydrogen-bond donors (Lipinski definition) is 1. The van der Waals surface area contributed by atoms with E-state index in [-0.39, 0.29) is 17.1 Å². The summed E-state index contributed by atoms with van der Waals surface area (Å²) in [5.41, 5.74) is -0.269. The highest BCUT2D eigenvalue weighted by molar-refractivity contribution is 7.92. The van der Waals surface area contributed by atoms with Gasteiger partial charge in [0.1, 0.15) is 6.54 Å². The first-order chi connectivity index (χ1) is 15.2. The number of amides is 1. The lowest BCUT2D eigenvalue weighted by Gasteiger charge is -2.25. The molecular weight excluding hydrogens is 441 g/mol. The van der Waals surface area contributed by atoms with Crippen LogP contribution < -0.4 is 9.62 Å². The van der Waals surface area contributed by atoms with Crippen molar-refractivity contribution in [2.75, 3.05) is 17.4 Å². The Hall–Kier alpha value is -3.33. The molecule has 0 aliphatic carbocycles. The maximum absolute atomic E-state index is 13.2. The molecule has 0 aliphatic heterocycles. The highest BCUT2D eigenvalue weighted by atomic mass is 32.2. The first-order valence-corrected chi connectivity index (χ1v) is 11.2. The molecule has 0 unspecified atom stereocenters. The molecule has 0 heterocycles. The van der Waals surface area contributed by atoms with Gasteiger partial charge >= 0.3 is 6.18 Å². The highest BCUT2D eigenvalue weighted by Gasteiger charge is 2.33. The minimum atomic E-state index is -4.66. The maximum atomic E-state index is 13.2. The van der Waals surface area contributed by atoms with Crippen LogP contribution in [-0.2, 0) is 27.4 Å². The monoisotopic (exact) mass is 462 g/mol. The van der Waals surface area contributed by atoms with Gasteiger partial charge in [0.15, 0.2) is 0 Å². The summed E-state index contributed by atoms with van der Waals surface area (Å²) in [4.78, 5) is 12.4. The normalized spacial score (nSPS) is 11.7. The molecule has 0 atom stereocenters. The smallest absolute Gasteiger partial charge is 0.354 e. The van der Waals surface area contributed by atoms with Crippen LogP contribution in [0.5, 0.6) is 0 Å². The van der Waals surface area contributed by atoms with Gasteiger partial charge < -0.3 is 5.32 Å². The number of nitrogens with one attached hydrogen (secondary N) is 1. The van der Waals surface area contributed by atoms with Crippen molar-refractivity contribution in [1.82, 2.24) is 5.32 Å². The van der Waals surface area contributed by atoms with E-state index in [9.17, 15) is 26.4 Å². The zero-order chi connectivity index (χ0) is 23.2. The third kappa shape index (κ3) is 5.88. The van der Waals surface area contributed by atoms with E-state index >= 15 is 0 Å². The van der Waals surface area contributed by atoms with Crippen molar-refractivity contribution >= 4 is 21.6 Å². The average Bonchev–Trinajstić information content (AvgIpc) is 2.78. The van der Waals surface area contributed by atoms with E-state index in [0.29, 0.717) is 10.7 Å². The summed E-state index contributed by atoms with van der Waals surface area (Å²) >= 11 is 0. The number of rotatable bonds is 8. The summed E-state index contributed by atoms with van der Waals surface area (Å²) in [7, 11) is -4.28. The molecule has 9 heteroatoms. The number of carbonyl (C=O) groups is 1. The lowest BCUT2D eigenvalue weighted by atomic mass is 10.1. The summed E-state index contributed by atoms with van der Waals surface area (Å²) in [6.07, 6.45) is -4.13. The van der Waals surface area contributed by atoms with E-state index in [2.05, 4.69) is 5.32 Å². The van der Waals surface area contributed by atoms with Gasteiger partial charge in [0.25, 0.3) is 10.0 Å². The third-order valence-corrected chi connectivity index (χ3v) is 6.45. The van der Waals surface area contributed by atoms with Gasteiger partial charge in [0.05, 0.1) is 16.1 Å². The predicted molar refractivity (Wildman–Crippen MR) is 116 cm³/mol. The van der Waals surface area contributed by atoms with Gasteiger partial charge in [-0.05, 0) is 42.3 Å². The van der Waals surface area contributed by atoms with Crippen molar-refractivity contribution in [3.8, 4) is 0 Å². The van der Waals surface area contributed by atoms with Gasteiger partial charge in [-0.2, -0.15) is 13.2 Å². The van der Waals surface area contributed by atoms with Crippen molar-refractivity contribution in [2.24, 2.45) is 0 Å². The Morgan fingerprint density at radius 2 is 1.50 bits per heavy atom. The fraction of sp³-hybridized carbons (Fsp3) is 0.174. The molecule has 0 bridgehead atoms. The first-order valence-electron chi connectivity index (χ1n) is 9.73. The summed E-state index contributed by atoms with van der Waals surface area (Å²) in [5.74, 6) is -0.627. The molecule has 0 aromatic heterocycles. The Morgan fingerprint density at radius 3 is 2.12 bits per heavy atom. The van der Waals surface area contributed by atoms with Gasteiger partial charge in [-0.25, -0.2) is 8.42 Å². The molecule has 0 radical (unpaired) electrons. The largest absolute Gasteiger partial charge is 0.416 e. The van der Waals surface area contributed by atoms with Crippen molar-refractivity contribution in [3.05, 3.63) is 96.1 Å². The SMILES string of the molecule is O=C(CN(c1cccc(C(F)(F)F)c1)S(=O)(=O)c1ccccc1)NCCc1ccccc1. The van der Waals surface area contributed by atoms with Gasteiger partial charge in [0.2, 0.25) is 5.91 Å². The Morgan fingerprint density at radius 1 is 0.875 bits per heavy atom. The van der Waals surface area contributed by atoms with Crippen LogP contribution in [0.1, 0.15) is 11.1 Å². The molecule has 5 nitrogen and oxygen atoms in total. The third-order valence-electron chi connectivity index (χ3n) is 4.66. The van der Waals surface area contributed by atoms with E-state index in [1.54, 1.807) is 6.07 Å². The van der Waals surface area contributed by atoms with Crippen molar-refractivity contribution in [1.29, 1.82) is 0 Å². The molecule has 3 rings (SSSR count). The molecular formula is C23H21F3N2O3S. The number of hydrogen-bond acceptors (Lipinski definition) is 3. The second-order valence-corrected chi connectivity index (χ2v) is 8.82. The summed E-state index contributed by atoms with van der Waals surface area (Å²) < 4.78 is 66.6. The number of halogens is 3. The molecule has 3 aromatic carbocycles. The molecule has 0 spiro atoms. The lowest BCUT2D eigenvalue weighted by Crippen LogP contribution is -2.41. The molecule has 168 valence electrons. The van der Waals surface area contributed by atoms with Crippen LogP contribution in [0.2, 0.25) is 0 Å². The molecule has 0 saturated carbocycles. The summed E-state index contributed by atoms with van der Waals surface area (Å²) in [6.45, 7) is -0.405. The van der Waals surface area contributed by atoms with E-state index in [1.165, 1.54) is 30.3 Å². The van der Waals surface area contributed by atoms with Gasteiger partial charge in [-0.15, -0.1) is 0 Å². The fourth-order valence-corrected chi connectivity index (χ4v) is 4.48. The van der Waals surface area contributed by atoms with Gasteiger partial charge in [-0.3, -0.25) is 9.10 Å². The standard InChI is InChI=1S/C23H21F3N2O3S/c24-23(25,26)19-10-7-11-20(16-19)28(32(30,31)21-12-5-2-6-13-21)17-22(29)27-15-14-18-8-3-1-4-9-18/h1-13,16H,14-15,17H2,(H,27,29). The van der Waals surface area contributed by atoms with Gasteiger partial charge in [-0.1, -0.05) is 54.6 Å². The average molecular weight is 462 g/mol. The lowest BCUT2D eigenvalue weighted by molar-refractivity contribution is -0.137. The molecule has 1 amide bonds. The van der Waals surface area contributed by atoms with Crippen molar-refractivity contribution < 1.29 is 26.4 Å². The number of benzene rings is 3. The maximum Gasteiger partial charge on any atom is 0.416 e. The van der Waals surface area contributed by atoms with Gasteiger partial charge in [0, 0.05) is 6.54 Å².